The van der Waals surface area contributed by atoms with Crippen molar-refractivity contribution in [1.82, 2.24) is 24.9 Å². The molecule has 11 nitrogen and oxygen atoms in total. The first kappa shape index (κ1) is 32.2. The van der Waals surface area contributed by atoms with Gasteiger partial charge in [0, 0.05) is 49.4 Å². The van der Waals surface area contributed by atoms with Gasteiger partial charge in [0.2, 0.25) is 11.5 Å². The van der Waals surface area contributed by atoms with E-state index < -0.39 is 41.7 Å². The Morgan fingerprint density at radius 3 is 2.47 bits per heavy atom. The zero-order valence-electron chi connectivity index (χ0n) is 27.1. The molecule has 1 saturated carbocycles. The van der Waals surface area contributed by atoms with Gasteiger partial charge in [-0.05, 0) is 81.7 Å². The Morgan fingerprint density at radius 1 is 1.09 bits per heavy atom. The average Bonchev–Trinajstić information content (AvgIpc) is 3.68. The molecule has 6 rings (SSSR count). The first-order valence-electron chi connectivity index (χ1n) is 16.0. The number of hydrogen-bond acceptors (Lipinski definition) is 7. The zero-order valence-corrected chi connectivity index (χ0v) is 27.1. The highest BCUT2D eigenvalue weighted by Crippen LogP contribution is 2.46. The van der Waals surface area contributed by atoms with Crippen molar-refractivity contribution in [2.45, 2.75) is 89.1 Å². The summed E-state index contributed by atoms with van der Waals surface area (Å²) in [6.07, 6.45) is 5.58. The van der Waals surface area contributed by atoms with Crippen molar-refractivity contribution in [3.63, 3.8) is 0 Å². The minimum absolute atomic E-state index is 0.111. The molecule has 1 saturated heterocycles. The molecule has 2 fully saturated rings. The molecule has 248 valence electrons. The Balaban J connectivity index is 1.17. The number of rotatable bonds is 7. The molecule has 2 aromatic carbocycles. The number of nitrogens with zero attached hydrogens (tertiary/aromatic N) is 4. The highest BCUT2D eigenvalue weighted by Gasteiger charge is 2.58. The van der Waals surface area contributed by atoms with Gasteiger partial charge < -0.3 is 19.7 Å². The summed E-state index contributed by atoms with van der Waals surface area (Å²) in [5.74, 6) is -1.35. The number of alkyl carbamates (subject to hydrolysis) is 1. The summed E-state index contributed by atoms with van der Waals surface area (Å²) in [5, 5.41) is 7.15. The molecule has 1 spiro atoms. The maximum Gasteiger partial charge on any atom is 0.418 e. The van der Waals surface area contributed by atoms with Gasteiger partial charge in [-0.15, -0.1) is 0 Å². The van der Waals surface area contributed by atoms with Gasteiger partial charge in [-0.3, -0.25) is 14.3 Å². The molecular weight excluding hydrogens is 605 g/mol. The number of fused-ring (bicyclic) bond motifs is 2. The monoisotopic (exact) mass is 645 g/mol. The van der Waals surface area contributed by atoms with E-state index in [2.05, 4.69) is 10.4 Å². The molecule has 1 atom stereocenters. The molecule has 1 N–H and O–H groups in total. The van der Waals surface area contributed by atoms with Gasteiger partial charge in [-0.1, -0.05) is 30.3 Å². The lowest BCUT2D eigenvalue weighted by Gasteiger charge is -2.38. The van der Waals surface area contributed by atoms with Crippen LogP contribution in [-0.4, -0.2) is 67.8 Å². The van der Waals surface area contributed by atoms with Crippen LogP contribution >= 0.6 is 0 Å². The minimum atomic E-state index is -1.46. The topological polar surface area (TPSA) is 123 Å². The lowest BCUT2D eigenvalue weighted by Crippen LogP contribution is -2.50. The van der Waals surface area contributed by atoms with Crippen LogP contribution in [-0.2, 0) is 44.7 Å². The van der Waals surface area contributed by atoms with Crippen molar-refractivity contribution in [2.24, 2.45) is 7.05 Å². The lowest BCUT2D eigenvalue weighted by molar-refractivity contribution is -0.143. The summed E-state index contributed by atoms with van der Waals surface area (Å²) in [6, 6.07) is 11.3. The average molecular weight is 646 g/mol. The van der Waals surface area contributed by atoms with Gasteiger partial charge in [0.1, 0.15) is 18.0 Å². The summed E-state index contributed by atoms with van der Waals surface area (Å²) >= 11 is 0. The van der Waals surface area contributed by atoms with Gasteiger partial charge in [0.05, 0.1) is 6.20 Å². The molecule has 1 aromatic heterocycles. The molecule has 3 aromatic rings. The Labute approximate surface area is 273 Å². The molecule has 0 unspecified atom stereocenters. The number of hydrogen-bond donors (Lipinski definition) is 1. The first-order chi connectivity index (χ1) is 22.3. The standard InChI is InChI=1S/C35H40FN5O6/c1-34(2,3)46-32(44)38-27-10-12-28(13-11-27)40(19-22-5-8-26(36)9-6-22)30(42)21-41-31(43)35(47-33(41)45)16-15-24-17-23(7-14-29(24)35)25-18-37-39(4)20-25/h5-9,14,17-18,20,27-28H,10-13,15-16,19,21H2,1-4H3,(H,38,44)/t27?,28?,35-/m1/s1. The van der Waals surface area contributed by atoms with Crippen LogP contribution in [0, 0.1) is 5.82 Å². The number of aryl methyl sites for hydroxylation is 2. The number of halogens is 1. The molecule has 4 amide bonds. The normalized spacial score (nSPS) is 22.3. The summed E-state index contributed by atoms with van der Waals surface area (Å²) in [4.78, 5) is 56.1. The van der Waals surface area contributed by atoms with Crippen molar-refractivity contribution < 1.29 is 33.0 Å². The van der Waals surface area contributed by atoms with E-state index in [0.29, 0.717) is 44.1 Å². The second kappa shape index (κ2) is 12.5. The van der Waals surface area contributed by atoms with E-state index in [9.17, 15) is 23.6 Å². The summed E-state index contributed by atoms with van der Waals surface area (Å²) < 4.78 is 26.6. The third-order valence-electron chi connectivity index (χ3n) is 9.14. The van der Waals surface area contributed by atoms with Crippen LogP contribution in [0.4, 0.5) is 14.0 Å². The molecule has 47 heavy (non-hydrogen) atoms. The summed E-state index contributed by atoms with van der Waals surface area (Å²) in [6.45, 7) is 5.11. The van der Waals surface area contributed by atoms with E-state index in [1.165, 1.54) is 12.1 Å². The van der Waals surface area contributed by atoms with Crippen molar-refractivity contribution in [2.75, 3.05) is 6.54 Å². The predicted octanol–water partition coefficient (Wildman–Crippen LogP) is 5.21. The smallest absolute Gasteiger partial charge is 0.418 e. The fraction of sp³-hybridized carbons (Fsp3) is 0.457. The highest BCUT2D eigenvalue weighted by atomic mass is 19.1. The zero-order chi connectivity index (χ0) is 33.5. The van der Waals surface area contributed by atoms with E-state index >= 15 is 0 Å². The van der Waals surface area contributed by atoms with Crippen LogP contribution < -0.4 is 5.32 Å². The van der Waals surface area contributed by atoms with E-state index in [4.69, 9.17) is 9.47 Å². The number of nitrogens with one attached hydrogen (secondary N) is 1. The SMILES string of the molecule is Cn1cc(-c2ccc3c(c2)CC[C@@]32OC(=O)N(CC(=O)N(Cc3ccc(F)cc3)C3CCC(NC(=O)OC(C)(C)C)CC3)C2=O)cn1. The quantitative estimate of drug-likeness (QED) is 0.374. The lowest BCUT2D eigenvalue weighted by atomic mass is 9.89. The number of ether oxygens (including phenoxy) is 2. The van der Waals surface area contributed by atoms with Crippen LogP contribution in [0.1, 0.15) is 69.6 Å². The largest absolute Gasteiger partial charge is 0.444 e. The maximum atomic E-state index is 14.0. The van der Waals surface area contributed by atoms with Crippen molar-refractivity contribution in [1.29, 1.82) is 0 Å². The molecule has 12 heteroatoms. The highest BCUT2D eigenvalue weighted by molar-refractivity contribution is 6.06. The Bertz CT molecular complexity index is 1690. The number of benzene rings is 2. The molecule has 2 heterocycles. The van der Waals surface area contributed by atoms with Gasteiger partial charge >= 0.3 is 12.2 Å². The van der Waals surface area contributed by atoms with Crippen LogP contribution in [0.3, 0.4) is 0 Å². The Morgan fingerprint density at radius 2 is 1.81 bits per heavy atom. The number of amides is 4. The fourth-order valence-electron chi connectivity index (χ4n) is 6.84. The fourth-order valence-corrected chi connectivity index (χ4v) is 6.84. The van der Waals surface area contributed by atoms with E-state index in [0.717, 1.165) is 27.2 Å². The maximum absolute atomic E-state index is 14.0. The van der Waals surface area contributed by atoms with E-state index in [1.807, 2.05) is 31.4 Å². The van der Waals surface area contributed by atoms with Crippen LogP contribution in [0.15, 0.2) is 54.9 Å². The van der Waals surface area contributed by atoms with Crippen LogP contribution in [0.25, 0.3) is 11.1 Å². The van der Waals surface area contributed by atoms with Crippen LogP contribution in [0.5, 0.6) is 0 Å². The summed E-state index contributed by atoms with van der Waals surface area (Å²) in [7, 11) is 1.84. The first-order valence-corrected chi connectivity index (χ1v) is 16.0. The Hall–Kier alpha value is -4.74. The molecular formula is C35H40FN5O6. The second-order valence-corrected chi connectivity index (χ2v) is 13.7. The van der Waals surface area contributed by atoms with Crippen molar-refractivity contribution >= 4 is 24.0 Å². The van der Waals surface area contributed by atoms with Gasteiger partial charge in [-0.25, -0.2) is 18.9 Å². The van der Waals surface area contributed by atoms with Gasteiger partial charge in [0.15, 0.2) is 0 Å². The van der Waals surface area contributed by atoms with Crippen molar-refractivity contribution in [3.05, 3.63) is 77.4 Å². The molecule has 0 radical (unpaired) electrons. The Kier molecular flexibility index (Phi) is 8.54. The van der Waals surface area contributed by atoms with Crippen LogP contribution in [0.2, 0.25) is 0 Å². The predicted molar refractivity (Wildman–Crippen MR) is 169 cm³/mol. The summed E-state index contributed by atoms with van der Waals surface area (Å²) in [5.41, 5.74) is 2.07. The third kappa shape index (κ3) is 6.72. The molecule has 3 aliphatic rings. The number of aromatic nitrogens is 2. The van der Waals surface area contributed by atoms with Crippen molar-refractivity contribution in [3.8, 4) is 11.1 Å². The second-order valence-electron chi connectivity index (χ2n) is 13.7. The van der Waals surface area contributed by atoms with Gasteiger partial charge in [-0.2, -0.15) is 5.10 Å². The van der Waals surface area contributed by atoms with E-state index in [-0.39, 0.29) is 24.4 Å². The molecule has 0 bridgehead atoms. The third-order valence-corrected chi connectivity index (χ3v) is 9.14. The molecule has 1 aliphatic heterocycles. The number of carbonyl (C=O) groups excluding carboxylic acids is 4. The molecule has 2 aliphatic carbocycles. The minimum Gasteiger partial charge on any atom is -0.444 e. The van der Waals surface area contributed by atoms with E-state index in [1.54, 1.807) is 48.7 Å². The van der Waals surface area contributed by atoms with Gasteiger partial charge in [0.25, 0.3) is 5.91 Å². The number of imide groups is 1. The number of carbonyl (C=O) groups is 4.